The molecule has 0 bridgehead atoms. The van der Waals surface area contributed by atoms with E-state index in [0.29, 0.717) is 12.1 Å². The monoisotopic (exact) mass is 207 g/mol. The van der Waals surface area contributed by atoms with E-state index in [0.717, 1.165) is 5.69 Å². The summed E-state index contributed by atoms with van der Waals surface area (Å²) in [6.45, 7) is 0.0198. The normalized spacial score (nSPS) is 10.7. The molecule has 0 radical (unpaired) electrons. The first-order valence-corrected chi connectivity index (χ1v) is 4.43. The number of aliphatic hydroxyl groups excluding tert-OH is 1. The molecule has 6 nitrogen and oxygen atoms in total. The Morgan fingerprint density at radius 3 is 2.93 bits per heavy atom. The van der Waals surface area contributed by atoms with Crippen LogP contribution in [0.25, 0.3) is 5.65 Å². The number of hydrogen-bond acceptors (Lipinski definition) is 4. The third-order valence-electron chi connectivity index (χ3n) is 2.06. The molecule has 2 rings (SSSR count). The van der Waals surface area contributed by atoms with Crippen molar-refractivity contribution in [1.29, 1.82) is 0 Å². The largest absolute Gasteiger partial charge is 0.396 e. The van der Waals surface area contributed by atoms with Crippen LogP contribution in [-0.2, 0) is 6.42 Å². The van der Waals surface area contributed by atoms with E-state index in [9.17, 15) is 10.1 Å². The molecule has 1 N–H and O–H groups in total. The Bertz CT molecular complexity index is 506. The van der Waals surface area contributed by atoms with Crippen LogP contribution in [0.3, 0.4) is 0 Å². The first kappa shape index (κ1) is 9.60. The Balaban J connectivity index is 2.47. The predicted molar refractivity (Wildman–Crippen MR) is 52.6 cm³/mol. The molecule has 0 spiro atoms. The van der Waals surface area contributed by atoms with Gasteiger partial charge in [-0.2, -0.15) is 0 Å². The Labute approximate surface area is 84.9 Å². The van der Waals surface area contributed by atoms with Crippen LogP contribution in [0.2, 0.25) is 0 Å². The fourth-order valence-electron chi connectivity index (χ4n) is 1.38. The Morgan fingerprint density at radius 1 is 1.47 bits per heavy atom. The second-order valence-corrected chi connectivity index (χ2v) is 3.12. The lowest BCUT2D eigenvalue weighted by molar-refractivity contribution is -0.385. The summed E-state index contributed by atoms with van der Waals surface area (Å²) in [5, 5.41) is 19.2. The van der Waals surface area contributed by atoms with Gasteiger partial charge in [0.15, 0.2) is 0 Å². The molecule has 0 fully saturated rings. The minimum Gasteiger partial charge on any atom is -0.396 e. The van der Waals surface area contributed by atoms with E-state index in [2.05, 4.69) is 4.98 Å². The summed E-state index contributed by atoms with van der Waals surface area (Å²) >= 11 is 0. The van der Waals surface area contributed by atoms with Crippen molar-refractivity contribution < 1.29 is 10.0 Å². The molecule has 0 aliphatic rings. The number of hydrogen-bond donors (Lipinski definition) is 1. The second kappa shape index (κ2) is 3.66. The van der Waals surface area contributed by atoms with Crippen molar-refractivity contribution in [3.8, 4) is 0 Å². The number of aliphatic hydroxyl groups is 1. The van der Waals surface area contributed by atoms with Crippen LogP contribution in [0, 0.1) is 10.1 Å². The molecule has 2 aromatic heterocycles. The predicted octanol–water partition coefficient (Wildman–Crippen LogP) is 0.777. The fourth-order valence-corrected chi connectivity index (χ4v) is 1.38. The van der Waals surface area contributed by atoms with Gasteiger partial charge >= 0.3 is 0 Å². The minimum absolute atomic E-state index is 0.0198. The van der Waals surface area contributed by atoms with Crippen molar-refractivity contribution in [3.63, 3.8) is 0 Å². The standard InChI is InChI=1S/C9H9N3O3/c13-4-3-7-5-11-6-8(12(14)15)1-2-9(11)10-7/h1-2,5-6,13H,3-4H2. The topological polar surface area (TPSA) is 80.7 Å². The minimum atomic E-state index is -0.453. The molecular formula is C9H9N3O3. The van der Waals surface area contributed by atoms with Crippen LogP contribution < -0.4 is 0 Å². The first-order valence-electron chi connectivity index (χ1n) is 4.43. The van der Waals surface area contributed by atoms with Gasteiger partial charge in [-0.25, -0.2) is 4.98 Å². The van der Waals surface area contributed by atoms with Crippen LogP contribution >= 0.6 is 0 Å². The number of rotatable bonds is 3. The van der Waals surface area contributed by atoms with Crippen molar-refractivity contribution in [3.05, 3.63) is 40.3 Å². The van der Waals surface area contributed by atoms with Gasteiger partial charge in [0.2, 0.25) is 0 Å². The van der Waals surface area contributed by atoms with Gasteiger partial charge in [-0.1, -0.05) is 0 Å². The van der Waals surface area contributed by atoms with Gasteiger partial charge in [-0.3, -0.25) is 14.5 Å². The molecule has 0 saturated carbocycles. The molecule has 0 aromatic carbocycles. The van der Waals surface area contributed by atoms with Gasteiger partial charge in [0.25, 0.3) is 5.69 Å². The van der Waals surface area contributed by atoms with Crippen LogP contribution in [0.4, 0.5) is 5.69 Å². The second-order valence-electron chi connectivity index (χ2n) is 3.12. The molecule has 6 heteroatoms. The molecule has 15 heavy (non-hydrogen) atoms. The Kier molecular flexibility index (Phi) is 2.34. The van der Waals surface area contributed by atoms with Crippen molar-refractivity contribution in [2.45, 2.75) is 6.42 Å². The molecule has 0 saturated heterocycles. The summed E-state index contributed by atoms with van der Waals surface area (Å²) in [5.74, 6) is 0. The molecule has 2 aromatic rings. The SMILES string of the molecule is O=[N+]([O-])c1ccc2nc(CCO)cn2c1. The van der Waals surface area contributed by atoms with Crippen molar-refractivity contribution in [1.82, 2.24) is 9.38 Å². The smallest absolute Gasteiger partial charge is 0.286 e. The fraction of sp³-hybridized carbons (Fsp3) is 0.222. The maximum absolute atomic E-state index is 10.5. The van der Waals surface area contributed by atoms with Gasteiger partial charge in [0.1, 0.15) is 5.65 Å². The van der Waals surface area contributed by atoms with Gasteiger partial charge < -0.3 is 5.11 Å². The molecule has 2 heterocycles. The lowest BCUT2D eigenvalue weighted by Gasteiger charge is -1.92. The van der Waals surface area contributed by atoms with Gasteiger partial charge in [0, 0.05) is 25.3 Å². The van der Waals surface area contributed by atoms with Crippen LogP contribution in [0.5, 0.6) is 0 Å². The first-order chi connectivity index (χ1) is 7.20. The quantitative estimate of drug-likeness (QED) is 0.595. The number of pyridine rings is 1. The zero-order valence-corrected chi connectivity index (χ0v) is 7.83. The highest BCUT2D eigenvalue weighted by Gasteiger charge is 2.07. The summed E-state index contributed by atoms with van der Waals surface area (Å²) < 4.78 is 1.59. The van der Waals surface area contributed by atoms with E-state index in [-0.39, 0.29) is 12.3 Å². The number of nitro groups is 1. The number of aromatic nitrogens is 2. The highest BCUT2D eigenvalue weighted by atomic mass is 16.6. The number of nitrogens with zero attached hydrogens (tertiary/aromatic N) is 3. The molecule has 78 valence electrons. The van der Waals surface area contributed by atoms with E-state index in [1.54, 1.807) is 16.7 Å². The molecule has 0 unspecified atom stereocenters. The highest BCUT2D eigenvalue weighted by molar-refractivity contribution is 5.45. The van der Waals surface area contributed by atoms with E-state index < -0.39 is 4.92 Å². The van der Waals surface area contributed by atoms with Crippen LogP contribution in [-0.4, -0.2) is 26.0 Å². The summed E-state index contributed by atoms with van der Waals surface area (Å²) in [6, 6.07) is 2.99. The number of imidazole rings is 1. The zero-order valence-electron chi connectivity index (χ0n) is 7.83. The van der Waals surface area contributed by atoms with Gasteiger partial charge in [-0.05, 0) is 6.07 Å². The third kappa shape index (κ3) is 1.79. The summed E-state index contributed by atoms with van der Waals surface area (Å²) in [5.41, 5.74) is 1.39. The highest BCUT2D eigenvalue weighted by Crippen LogP contribution is 2.13. The molecule has 0 amide bonds. The average molecular weight is 207 g/mol. The van der Waals surface area contributed by atoms with Crippen LogP contribution in [0.1, 0.15) is 5.69 Å². The summed E-state index contributed by atoms with van der Waals surface area (Å²) in [6.07, 6.45) is 3.54. The third-order valence-corrected chi connectivity index (χ3v) is 2.06. The van der Waals surface area contributed by atoms with Crippen molar-refractivity contribution in [2.75, 3.05) is 6.61 Å². The molecule has 0 aliphatic heterocycles. The molecular weight excluding hydrogens is 198 g/mol. The van der Waals surface area contributed by atoms with E-state index in [1.165, 1.54) is 12.3 Å². The van der Waals surface area contributed by atoms with Crippen LogP contribution in [0.15, 0.2) is 24.5 Å². The lowest BCUT2D eigenvalue weighted by Crippen LogP contribution is -1.90. The molecule has 0 aliphatic carbocycles. The van der Waals surface area contributed by atoms with Crippen molar-refractivity contribution in [2.24, 2.45) is 0 Å². The maximum Gasteiger partial charge on any atom is 0.286 e. The van der Waals surface area contributed by atoms with Gasteiger partial charge in [0.05, 0.1) is 16.8 Å². The summed E-state index contributed by atoms with van der Waals surface area (Å²) in [4.78, 5) is 14.2. The van der Waals surface area contributed by atoms with Crippen molar-refractivity contribution >= 4 is 11.3 Å². The molecule has 0 atom stereocenters. The maximum atomic E-state index is 10.5. The van der Waals surface area contributed by atoms with Gasteiger partial charge in [-0.15, -0.1) is 0 Å². The van der Waals surface area contributed by atoms with E-state index in [4.69, 9.17) is 5.11 Å². The summed E-state index contributed by atoms with van der Waals surface area (Å²) in [7, 11) is 0. The Morgan fingerprint density at radius 2 is 2.27 bits per heavy atom. The number of fused-ring (bicyclic) bond motifs is 1. The average Bonchev–Trinajstić information content (AvgIpc) is 2.59. The van der Waals surface area contributed by atoms with E-state index >= 15 is 0 Å². The lowest BCUT2D eigenvalue weighted by atomic mass is 10.4. The van der Waals surface area contributed by atoms with E-state index in [1.807, 2.05) is 0 Å². The Hall–Kier alpha value is -1.95. The zero-order chi connectivity index (χ0) is 10.8.